The van der Waals surface area contributed by atoms with Crippen LogP contribution < -0.4 is 10.9 Å². The largest absolute Gasteiger partial charge is 0.459 e. The molecule has 1 N–H and O–H groups in total. The molecule has 0 aliphatic rings. The van der Waals surface area contributed by atoms with Crippen molar-refractivity contribution in [1.29, 1.82) is 0 Å². The van der Waals surface area contributed by atoms with Crippen LogP contribution in [0.2, 0.25) is 0 Å². The summed E-state index contributed by atoms with van der Waals surface area (Å²) in [6.07, 6.45) is 1.45. The summed E-state index contributed by atoms with van der Waals surface area (Å²) in [5.41, 5.74) is 2.03. The van der Waals surface area contributed by atoms with Crippen molar-refractivity contribution in [2.24, 2.45) is 7.05 Å². The van der Waals surface area contributed by atoms with Crippen LogP contribution in [-0.2, 0) is 7.05 Å². The molecule has 110 valence electrons. The van der Waals surface area contributed by atoms with Gasteiger partial charge in [-0.3, -0.25) is 9.59 Å². The number of benzene rings is 1. The van der Waals surface area contributed by atoms with E-state index < -0.39 is 0 Å². The number of aromatic nitrogens is 2. The van der Waals surface area contributed by atoms with Crippen molar-refractivity contribution in [1.82, 2.24) is 9.78 Å². The van der Waals surface area contributed by atoms with Gasteiger partial charge in [-0.1, -0.05) is 12.1 Å². The molecule has 6 heteroatoms. The smallest absolute Gasteiger partial charge is 0.291 e. The van der Waals surface area contributed by atoms with Gasteiger partial charge in [-0.15, -0.1) is 0 Å². The molecule has 0 unspecified atom stereocenters. The Labute approximate surface area is 126 Å². The third-order valence-corrected chi connectivity index (χ3v) is 3.14. The van der Waals surface area contributed by atoms with Crippen molar-refractivity contribution >= 4 is 11.6 Å². The lowest BCUT2D eigenvalue weighted by molar-refractivity contribution is 0.0996. The molecule has 6 nitrogen and oxygen atoms in total. The molecule has 3 rings (SSSR count). The van der Waals surface area contributed by atoms with E-state index in [1.54, 1.807) is 37.4 Å². The topological polar surface area (TPSA) is 77.1 Å². The molecule has 0 spiro atoms. The molecule has 0 fully saturated rings. The number of hydrogen-bond acceptors (Lipinski definition) is 4. The lowest BCUT2D eigenvalue weighted by atomic mass is 10.1. The Morgan fingerprint density at radius 1 is 1.14 bits per heavy atom. The number of anilines is 1. The van der Waals surface area contributed by atoms with Gasteiger partial charge >= 0.3 is 0 Å². The normalized spacial score (nSPS) is 10.4. The molecule has 2 heterocycles. The fourth-order valence-electron chi connectivity index (χ4n) is 1.98. The van der Waals surface area contributed by atoms with Gasteiger partial charge in [0.05, 0.1) is 12.0 Å². The lowest BCUT2D eigenvalue weighted by Crippen LogP contribution is -2.18. The molecule has 0 saturated carbocycles. The Bertz CT molecular complexity index is 849. The highest BCUT2D eigenvalue weighted by molar-refractivity contribution is 6.02. The van der Waals surface area contributed by atoms with Crippen molar-refractivity contribution in [3.8, 4) is 11.3 Å². The monoisotopic (exact) mass is 295 g/mol. The highest BCUT2D eigenvalue weighted by Gasteiger charge is 2.08. The van der Waals surface area contributed by atoms with Crippen LogP contribution in [0.1, 0.15) is 10.6 Å². The lowest BCUT2D eigenvalue weighted by Gasteiger charge is -2.06. The minimum atomic E-state index is -0.307. The average Bonchev–Trinajstić information content (AvgIpc) is 3.05. The van der Waals surface area contributed by atoms with Crippen LogP contribution in [0.5, 0.6) is 0 Å². The summed E-state index contributed by atoms with van der Waals surface area (Å²) in [6, 6.07) is 13.6. The van der Waals surface area contributed by atoms with Crippen molar-refractivity contribution in [3.05, 3.63) is 70.9 Å². The number of nitrogens with one attached hydrogen (secondary N) is 1. The van der Waals surface area contributed by atoms with E-state index in [-0.39, 0.29) is 17.2 Å². The molecule has 0 atom stereocenters. The Balaban J connectivity index is 1.79. The number of carbonyl (C=O) groups is 1. The van der Waals surface area contributed by atoms with E-state index in [0.717, 1.165) is 5.56 Å². The van der Waals surface area contributed by atoms with Crippen LogP contribution in [-0.4, -0.2) is 15.7 Å². The van der Waals surface area contributed by atoms with Crippen LogP contribution in [0.25, 0.3) is 11.3 Å². The van der Waals surface area contributed by atoms with Gasteiger partial charge in [-0.25, -0.2) is 4.68 Å². The second-order valence-electron chi connectivity index (χ2n) is 4.69. The summed E-state index contributed by atoms with van der Waals surface area (Å²) in [4.78, 5) is 23.2. The van der Waals surface area contributed by atoms with Gasteiger partial charge in [0.25, 0.3) is 11.5 Å². The van der Waals surface area contributed by atoms with Gasteiger partial charge < -0.3 is 9.73 Å². The first kappa shape index (κ1) is 13.8. The van der Waals surface area contributed by atoms with E-state index >= 15 is 0 Å². The maximum Gasteiger partial charge on any atom is 0.291 e. The van der Waals surface area contributed by atoms with E-state index in [4.69, 9.17) is 4.42 Å². The van der Waals surface area contributed by atoms with E-state index in [9.17, 15) is 9.59 Å². The zero-order valence-electron chi connectivity index (χ0n) is 11.8. The number of hydrogen-bond donors (Lipinski definition) is 1. The molecule has 0 radical (unpaired) electrons. The summed E-state index contributed by atoms with van der Waals surface area (Å²) in [5.74, 6) is -0.0539. The van der Waals surface area contributed by atoms with Crippen molar-refractivity contribution in [2.45, 2.75) is 0 Å². The number of furan rings is 1. The molecular weight excluding hydrogens is 282 g/mol. The highest BCUT2D eigenvalue weighted by atomic mass is 16.3. The van der Waals surface area contributed by atoms with Crippen molar-refractivity contribution in [3.63, 3.8) is 0 Å². The SMILES string of the molecule is Cn1nc(-c2ccc(NC(=O)c3ccco3)cc2)ccc1=O. The zero-order valence-corrected chi connectivity index (χ0v) is 11.8. The third kappa shape index (κ3) is 2.80. The molecule has 22 heavy (non-hydrogen) atoms. The molecule has 0 saturated heterocycles. The van der Waals surface area contributed by atoms with Gasteiger partial charge in [0.15, 0.2) is 5.76 Å². The maximum atomic E-state index is 11.9. The molecule has 3 aromatic rings. The van der Waals surface area contributed by atoms with Gasteiger partial charge in [0.1, 0.15) is 0 Å². The van der Waals surface area contributed by atoms with Gasteiger partial charge in [-0.2, -0.15) is 5.10 Å². The Morgan fingerprint density at radius 3 is 2.55 bits per heavy atom. The average molecular weight is 295 g/mol. The zero-order chi connectivity index (χ0) is 15.5. The standard InChI is InChI=1S/C16H13N3O3/c1-19-15(20)9-8-13(18-19)11-4-6-12(7-5-11)17-16(21)14-3-2-10-22-14/h2-10H,1H3,(H,17,21). The number of aryl methyl sites for hydroxylation is 1. The molecule has 2 aromatic heterocycles. The number of nitrogens with zero attached hydrogens (tertiary/aromatic N) is 2. The summed E-state index contributed by atoms with van der Waals surface area (Å²) >= 11 is 0. The minimum absolute atomic E-state index is 0.161. The number of rotatable bonds is 3. The maximum absolute atomic E-state index is 11.9. The minimum Gasteiger partial charge on any atom is -0.459 e. The second kappa shape index (κ2) is 5.69. The van der Waals surface area contributed by atoms with Crippen LogP contribution >= 0.6 is 0 Å². The van der Waals surface area contributed by atoms with E-state index in [1.807, 2.05) is 12.1 Å². The molecular formula is C16H13N3O3. The summed E-state index contributed by atoms with van der Waals surface area (Å²) < 4.78 is 6.31. The quantitative estimate of drug-likeness (QED) is 0.804. The van der Waals surface area contributed by atoms with E-state index in [1.165, 1.54) is 17.0 Å². The van der Waals surface area contributed by atoms with Gasteiger partial charge in [0.2, 0.25) is 0 Å². The van der Waals surface area contributed by atoms with Crippen LogP contribution in [0, 0.1) is 0 Å². The van der Waals surface area contributed by atoms with Crippen LogP contribution in [0.15, 0.2) is 64.0 Å². The third-order valence-electron chi connectivity index (χ3n) is 3.14. The summed E-state index contributed by atoms with van der Waals surface area (Å²) in [7, 11) is 1.60. The molecule has 0 bridgehead atoms. The highest BCUT2D eigenvalue weighted by Crippen LogP contribution is 2.19. The summed E-state index contributed by atoms with van der Waals surface area (Å²) in [5, 5.41) is 6.91. The molecule has 1 aromatic carbocycles. The van der Waals surface area contributed by atoms with Gasteiger partial charge in [0, 0.05) is 24.4 Å². The first-order chi connectivity index (χ1) is 10.6. The fraction of sp³-hybridized carbons (Fsp3) is 0.0625. The molecule has 0 aliphatic heterocycles. The Morgan fingerprint density at radius 2 is 1.91 bits per heavy atom. The van der Waals surface area contributed by atoms with Crippen molar-refractivity contribution in [2.75, 3.05) is 5.32 Å². The first-order valence-corrected chi connectivity index (χ1v) is 6.63. The Kier molecular flexibility index (Phi) is 3.57. The fourth-order valence-corrected chi connectivity index (χ4v) is 1.98. The van der Waals surface area contributed by atoms with E-state index in [0.29, 0.717) is 11.4 Å². The van der Waals surface area contributed by atoms with Crippen LogP contribution in [0.3, 0.4) is 0 Å². The Hall–Kier alpha value is -3.15. The van der Waals surface area contributed by atoms with Crippen molar-refractivity contribution < 1.29 is 9.21 Å². The predicted molar refractivity (Wildman–Crippen MR) is 81.6 cm³/mol. The van der Waals surface area contributed by atoms with E-state index in [2.05, 4.69) is 10.4 Å². The predicted octanol–water partition coefficient (Wildman–Crippen LogP) is 2.29. The summed E-state index contributed by atoms with van der Waals surface area (Å²) in [6.45, 7) is 0. The molecule has 0 aliphatic carbocycles. The van der Waals surface area contributed by atoms with Gasteiger partial charge in [-0.05, 0) is 30.3 Å². The first-order valence-electron chi connectivity index (χ1n) is 6.63. The van der Waals surface area contributed by atoms with Crippen LogP contribution in [0.4, 0.5) is 5.69 Å². The number of amides is 1. The number of carbonyl (C=O) groups excluding carboxylic acids is 1. The second-order valence-corrected chi connectivity index (χ2v) is 4.69. The molecule has 1 amide bonds.